The van der Waals surface area contributed by atoms with Crippen LogP contribution in [0.4, 0.5) is 13.2 Å². The molecular formula is C14H9F3O. The summed E-state index contributed by atoms with van der Waals surface area (Å²) in [5.74, 6) is -2.72. The third-order valence-corrected chi connectivity index (χ3v) is 3.39. The maximum atomic E-state index is 12.8. The number of Topliss-reactive ketones (excluding diaryl/α,β-unsaturated/α-hetero) is 1. The van der Waals surface area contributed by atoms with E-state index in [1.165, 1.54) is 6.07 Å². The lowest BCUT2D eigenvalue weighted by atomic mass is 9.80. The van der Waals surface area contributed by atoms with E-state index in [2.05, 4.69) is 0 Å². The molecule has 18 heavy (non-hydrogen) atoms. The minimum absolute atomic E-state index is 0.191. The van der Waals surface area contributed by atoms with Crippen molar-refractivity contribution in [2.45, 2.75) is 12.6 Å². The highest BCUT2D eigenvalue weighted by Gasteiger charge is 2.47. The second-order valence-corrected chi connectivity index (χ2v) is 4.48. The predicted octanol–water partition coefficient (Wildman–Crippen LogP) is 3.76. The van der Waals surface area contributed by atoms with E-state index in [0.717, 1.165) is 5.39 Å². The van der Waals surface area contributed by atoms with Crippen molar-refractivity contribution in [3.05, 3.63) is 47.5 Å². The average molecular weight is 250 g/mol. The fourth-order valence-electron chi connectivity index (χ4n) is 2.56. The van der Waals surface area contributed by atoms with Crippen molar-refractivity contribution in [3.63, 3.8) is 0 Å². The van der Waals surface area contributed by atoms with Gasteiger partial charge in [0.05, 0.1) is 0 Å². The van der Waals surface area contributed by atoms with Crippen LogP contribution in [0.1, 0.15) is 15.9 Å². The minimum atomic E-state index is -4.48. The van der Waals surface area contributed by atoms with Crippen LogP contribution in [-0.2, 0) is 6.42 Å². The summed E-state index contributed by atoms with van der Waals surface area (Å²) in [6.07, 6.45) is -4.73. The summed E-state index contributed by atoms with van der Waals surface area (Å²) in [6, 6.07) is 10.1. The lowest BCUT2D eigenvalue weighted by Crippen LogP contribution is -2.35. The minimum Gasteiger partial charge on any atom is -0.293 e. The fourth-order valence-corrected chi connectivity index (χ4v) is 2.56. The molecule has 3 rings (SSSR count). The molecule has 0 aliphatic heterocycles. The SMILES string of the molecule is O=C1c2cccc3cccc(c23)CC1C(F)(F)F. The van der Waals surface area contributed by atoms with Crippen LogP contribution in [0.25, 0.3) is 10.8 Å². The molecule has 0 fully saturated rings. The number of hydrogen-bond acceptors (Lipinski definition) is 1. The highest BCUT2D eigenvalue weighted by Crippen LogP contribution is 2.39. The summed E-state index contributed by atoms with van der Waals surface area (Å²) < 4.78 is 38.5. The first-order chi connectivity index (χ1) is 8.48. The molecule has 1 aliphatic carbocycles. The van der Waals surface area contributed by atoms with E-state index in [-0.39, 0.29) is 12.0 Å². The summed E-state index contributed by atoms with van der Waals surface area (Å²) >= 11 is 0. The standard InChI is InChI=1S/C14H9F3O/c15-14(16,17)11-7-9-5-1-3-8-4-2-6-10(12(8)9)13(11)18/h1-6,11H,7H2. The molecule has 1 nitrogen and oxygen atoms in total. The Morgan fingerprint density at radius 2 is 1.72 bits per heavy atom. The van der Waals surface area contributed by atoms with Crippen LogP contribution in [0.2, 0.25) is 0 Å². The number of carbonyl (C=O) groups is 1. The third-order valence-electron chi connectivity index (χ3n) is 3.39. The van der Waals surface area contributed by atoms with Gasteiger partial charge in [0, 0.05) is 5.56 Å². The van der Waals surface area contributed by atoms with Crippen molar-refractivity contribution < 1.29 is 18.0 Å². The molecule has 0 radical (unpaired) electrons. The Morgan fingerprint density at radius 3 is 2.39 bits per heavy atom. The van der Waals surface area contributed by atoms with Gasteiger partial charge in [0.2, 0.25) is 0 Å². The molecule has 0 saturated carbocycles. The second kappa shape index (κ2) is 3.57. The molecule has 92 valence electrons. The third kappa shape index (κ3) is 1.52. The Morgan fingerprint density at radius 1 is 1.06 bits per heavy atom. The molecule has 2 aromatic rings. The van der Waals surface area contributed by atoms with Gasteiger partial charge in [-0.3, -0.25) is 4.79 Å². The van der Waals surface area contributed by atoms with Gasteiger partial charge in [-0.1, -0.05) is 36.4 Å². The van der Waals surface area contributed by atoms with Crippen LogP contribution in [0, 0.1) is 5.92 Å². The van der Waals surface area contributed by atoms with Gasteiger partial charge in [-0.05, 0) is 22.8 Å². The van der Waals surface area contributed by atoms with Crippen molar-refractivity contribution >= 4 is 16.6 Å². The van der Waals surface area contributed by atoms with Crippen LogP contribution >= 0.6 is 0 Å². The van der Waals surface area contributed by atoms with Crippen molar-refractivity contribution in [1.29, 1.82) is 0 Å². The number of benzene rings is 2. The van der Waals surface area contributed by atoms with E-state index in [9.17, 15) is 18.0 Å². The Balaban J connectivity index is 2.27. The van der Waals surface area contributed by atoms with Crippen LogP contribution in [0.15, 0.2) is 36.4 Å². The molecule has 2 aromatic carbocycles. The largest absolute Gasteiger partial charge is 0.399 e. The zero-order valence-electron chi connectivity index (χ0n) is 9.29. The molecule has 0 amide bonds. The van der Waals surface area contributed by atoms with E-state index < -0.39 is 17.9 Å². The van der Waals surface area contributed by atoms with Gasteiger partial charge >= 0.3 is 6.18 Å². The average Bonchev–Trinajstić information content (AvgIpc) is 2.32. The van der Waals surface area contributed by atoms with E-state index in [4.69, 9.17) is 0 Å². The molecule has 0 heterocycles. The Kier molecular flexibility index (Phi) is 2.24. The van der Waals surface area contributed by atoms with Gasteiger partial charge < -0.3 is 0 Å². The molecule has 0 saturated heterocycles. The summed E-state index contributed by atoms with van der Waals surface area (Å²) in [4.78, 5) is 11.9. The topological polar surface area (TPSA) is 17.1 Å². The van der Waals surface area contributed by atoms with Crippen molar-refractivity contribution in [2.24, 2.45) is 5.92 Å². The van der Waals surface area contributed by atoms with Crippen LogP contribution < -0.4 is 0 Å². The highest BCUT2D eigenvalue weighted by molar-refractivity contribution is 6.12. The highest BCUT2D eigenvalue weighted by atomic mass is 19.4. The molecular weight excluding hydrogens is 241 g/mol. The van der Waals surface area contributed by atoms with Gasteiger partial charge in [0.25, 0.3) is 0 Å². The maximum absolute atomic E-state index is 12.8. The van der Waals surface area contributed by atoms with E-state index in [1.807, 2.05) is 12.1 Å². The van der Waals surface area contributed by atoms with Gasteiger partial charge in [0.15, 0.2) is 5.78 Å². The lowest BCUT2D eigenvalue weighted by molar-refractivity contribution is -0.160. The van der Waals surface area contributed by atoms with Crippen LogP contribution in [-0.4, -0.2) is 12.0 Å². The summed E-state index contributed by atoms with van der Waals surface area (Å²) in [7, 11) is 0. The number of rotatable bonds is 0. The van der Waals surface area contributed by atoms with Crippen LogP contribution in [0.3, 0.4) is 0 Å². The summed E-state index contributed by atoms with van der Waals surface area (Å²) in [5.41, 5.74) is 0.793. The zero-order chi connectivity index (χ0) is 12.9. The Hall–Kier alpha value is -1.84. The number of ketones is 1. The first-order valence-electron chi connectivity index (χ1n) is 5.60. The van der Waals surface area contributed by atoms with Gasteiger partial charge in [-0.25, -0.2) is 0 Å². The molecule has 0 N–H and O–H groups in total. The normalized spacial score (nSPS) is 19.3. The molecule has 1 unspecified atom stereocenters. The van der Waals surface area contributed by atoms with Crippen molar-refractivity contribution in [2.75, 3.05) is 0 Å². The predicted molar refractivity (Wildman–Crippen MR) is 61.5 cm³/mol. The molecule has 1 aliphatic rings. The second-order valence-electron chi connectivity index (χ2n) is 4.48. The molecule has 4 heteroatoms. The molecule has 0 spiro atoms. The first kappa shape index (κ1) is 11.3. The van der Waals surface area contributed by atoms with Crippen LogP contribution in [0.5, 0.6) is 0 Å². The van der Waals surface area contributed by atoms with Gasteiger partial charge in [-0.15, -0.1) is 0 Å². The van der Waals surface area contributed by atoms with Gasteiger partial charge in [0.1, 0.15) is 5.92 Å². The quantitative estimate of drug-likeness (QED) is 0.695. The summed E-state index contributed by atoms with van der Waals surface area (Å²) in [5, 5.41) is 1.49. The number of hydrogen-bond donors (Lipinski definition) is 0. The van der Waals surface area contributed by atoms with Crippen molar-refractivity contribution in [1.82, 2.24) is 0 Å². The van der Waals surface area contributed by atoms with Gasteiger partial charge in [-0.2, -0.15) is 13.2 Å². The van der Waals surface area contributed by atoms with E-state index in [0.29, 0.717) is 10.9 Å². The first-order valence-corrected chi connectivity index (χ1v) is 5.60. The lowest BCUT2D eigenvalue weighted by Gasteiger charge is -2.25. The number of alkyl halides is 3. The molecule has 0 bridgehead atoms. The summed E-state index contributed by atoms with van der Waals surface area (Å²) in [6.45, 7) is 0. The Labute approximate surface area is 101 Å². The fraction of sp³-hybridized carbons (Fsp3) is 0.214. The Bertz CT molecular complexity index is 638. The number of carbonyl (C=O) groups excluding carboxylic acids is 1. The molecule has 0 aromatic heterocycles. The monoisotopic (exact) mass is 250 g/mol. The zero-order valence-corrected chi connectivity index (χ0v) is 9.29. The van der Waals surface area contributed by atoms with E-state index in [1.54, 1.807) is 18.2 Å². The number of halogens is 3. The molecule has 1 atom stereocenters. The van der Waals surface area contributed by atoms with E-state index >= 15 is 0 Å². The van der Waals surface area contributed by atoms with Crippen molar-refractivity contribution in [3.8, 4) is 0 Å². The maximum Gasteiger partial charge on any atom is 0.399 e. The smallest absolute Gasteiger partial charge is 0.293 e.